The largest absolute Gasteiger partial charge is 0.507 e. The second-order valence-corrected chi connectivity index (χ2v) is 5.55. The highest BCUT2D eigenvalue weighted by molar-refractivity contribution is 6.00. The molecule has 7 N–H and O–H groups in total. The third-order valence-corrected chi connectivity index (χ3v) is 3.57. The van der Waals surface area contributed by atoms with E-state index < -0.39 is 5.97 Å². The van der Waals surface area contributed by atoms with Crippen LogP contribution in [0, 0.1) is 0 Å². The lowest BCUT2D eigenvalue weighted by Crippen LogP contribution is -2.23. The van der Waals surface area contributed by atoms with E-state index in [4.69, 9.17) is 16.6 Å². The first-order valence-electron chi connectivity index (χ1n) is 7.72. The van der Waals surface area contributed by atoms with Crippen LogP contribution in [0.15, 0.2) is 35.3 Å². The fourth-order valence-corrected chi connectivity index (χ4v) is 2.37. The lowest BCUT2D eigenvalue weighted by atomic mass is 10.0. The van der Waals surface area contributed by atoms with Crippen LogP contribution in [0.2, 0.25) is 0 Å². The van der Waals surface area contributed by atoms with E-state index in [2.05, 4.69) is 10.3 Å². The Bertz CT molecular complexity index is 829. The smallest absolute Gasteiger partial charge is 0.335 e. The van der Waals surface area contributed by atoms with Crippen molar-refractivity contribution in [2.45, 2.75) is 19.3 Å². The predicted molar refractivity (Wildman–Crippen MR) is 95.7 cm³/mol. The summed E-state index contributed by atoms with van der Waals surface area (Å²) in [5.74, 6) is -1.39. The summed E-state index contributed by atoms with van der Waals surface area (Å²) >= 11 is 0. The van der Waals surface area contributed by atoms with Gasteiger partial charge < -0.3 is 27.0 Å². The van der Waals surface area contributed by atoms with Crippen LogP contribution in [0.5, 0.6) is 5.75 Å². The number of fused-ring (bicyclic) bond motifs is 1. The number of anilines is 1. The molecule has 0 spiro atoms. The molecule has 0 unspecified atom stereocenters. The zero-order chi connectivity index (χ0) is 18.4. The third kappa shape index (κ3) is 5.10. The van der Waals surface area contributed by atoms with Crippen LogP contribution in [0.1, 0.15) is 29.6 Å². The average molecular weight is 344 g/mol. The highest BCUT2D eigenvalue weighted by atomic mass is 16.4. The van der Waals surface area contributed by atoms with E-state index in [-0.39, 0.29) is 23.2 Å². The van der Waals surface area contributed by atoms with Gasteiger partial charge in [-0.05, 0) is 42.5 Å². The number of carboxylic acid groups (broad SMARTS) is 1. The van der Waals surface area contributed by atoms with E-state index in [1.54, 1.807) is 18.2 Å². The molecule has 0 saturated heterocycles. The van der Waals surface area contributed by atoms with Crippen LogP contribution in [0.25, 0.3) is 10.8 Å². The minimum Gasteiger partial charge on any atom is -0.507 e. The van der Waals surface area contributed by atoms with E-state index in [0.29, 0.717) is 42.3 Å². The summed E-state index contributed by atoms with van der Waals surface area (Å²) in [6, 6.07) is 7.56. The molecule has 0 saturated carbocycles. The minimum absolute atomic E-state index is 0.00237. The maximum absolute atomic E-state index is 11.9. The van der Waals surface area contributed by atoms with Crippen molar-refractivity contribution >= 4 is 34.3 Å². The summed E-state index contributed by atoms with van der Waals surface area (Å²) < 4.78 is 0. The SMILES string of the molecule is NC(N)=NCCCCC(=O)Nc1ccc2cc(C(=O)O)cc(O)c2c1. The monoisotopic (exact) mass is 344 g/mol. The number of hydrogen-bond donors (Lipinski definition) is 5. The maximum atomic E-state index is 11.9. The first-order valence-corrected chi connectivity index (χ1v) is 7.72. The van der Waals surface area contributed by atoms with Crippen molar-refractivity contribution in [3.63, 3.8) is 0 Å². The van der Waals surface area contributed by atoms with Gasteiger partial charge in [-0.25, -0.2) is 4.79 Å². The number of nitrogens with one attached hydrogen (secondary N) is 1. The molecule has 0 atom stereocenters. The number of aromatic hydroxyl groups is 1. The van der Waals surface area contributed by atoms with Crippen LogP contribution in [-0.4, -0.2) is 34.6 Å². The number of carbonyl (C=O) groups is 2. The molecular formula is C17H20N4O4. The number of rotatable bonds is 7. The molecule has 0 aliphatic carbocycles. The molecule has 8 heteroatoms. The second kappa shape index (κ2) is 8.00. The lowest BCUT2D eigenvalue weighted by molar-refractivity contribution is -0.116. The van der Waals surface area contributed by atoms with Gasteiger partial charge >= 0.3 is 5.97 Å². The Morgan fingerprint density at radius 2 is 1.88 bits per heavy atom. The van der Waals surface area contributed by atoms with E-state index >= 15 is 0 Å². The Hall–Kier alpha value is -3.29. The summed E-state index contributed by atoms with van der Waals surface area (Å²) in [6.07, 6.45) is 1.66. The Morgan fingerprint density at radius 3 is 2.56 bits per heavy atom. The maximum Gasteiger partial charge on any atom is 0.335 e. The van der Waals surface area contributed by atoms with Crippen molar-refractivity contribution in [2.24, 2.45) is 16.5 Å². The number of nitrogens with two attached hydrogens (primary N) is 2. The number of nitrogens with zero attached hydrogens (tertiary/aromatic N) is 1. The number of amides is 1. The average Bonchev–Trinajstić information content (AvgIpc) is 2.54. The van der Waals surface area contributed by atoms with Gasteiger partial charge in [0.2, 0.25) is 5.91 Å². The minimum atomic E-state index is -1.12. The number of aliphatic imine (C=N–C) groups is 1. The summed E-state index contributed by atoms with van der Waals surface area (Å²) in [5, 5.41) is 22.8. The van der Waals surface area contributed by atoms with Crippen molar-refractivity contribution in [3.05, 3.63) is 35.9 Å². The fourth-order valence-electron chi connectivity index (χ4n) is 2.37. The Kier molecular flexibility index (Phi) is 5.78. The topological polar surface area (TPSA) is 151 Å². The van der Waals surface area contributed by atoms with Gasteiger partial charge in [0, 0.05) is 24.0 Å². The number of carbonyl (C=O) groups excluding carboxylic acids is 1. The summed E-state index contributed by atoms with van der Waals surface area (Å²) in [7, 11) is 0. The van der Waals surface area contributed by atoms with Gasteiger partial charge in [0.25, 0.3) is 0 Å². The van der Waals surface area contributed by atoms with Crippen LogP contribution in [0.3, 0.4) is 0 Å². The molecule has 0 aliphatic rings. The van der Waals surface area contributed by atoms with Crippen molar-refractivity contribution in [2.75, 3.05) is 11.9 Å². The Balaban J connectivity index is 2.00. The number of phenols is 1. The summed E-state index contributed by atoms with van der Waals surface area (Å²) in [4.78, 5) is 26.8. The zero-order valence-electron chi connectivity index (χ0n) is 13.5. The van der Waals surface area contributed by atoms with Gasteiger partial charge in [0.15, 0.2) is 5.96 Å². The molecule has 0 aromatic heterocycles. The van der Waals surface area contributed by atoms with Gasteiger partial charge in [-0.1, -0.05) is 6.07 Å². The number of guanidine groups is 1. The van der Waals surface area contributed by atoms with Crippen LogP contribution < -0.4 is 16.8 Å². The van der Waals surface area contributed by atoms with Crippen LogP contribution >= 0.6 is 0 Å². The standard InChI is InChI=1S/C17H20N4O4/c18-17(19)20-6-2-1-3-15(23)21-12-5-4-10-7-11(16(24)25)8-14(22)13(10)9-12/h4-5,7-9,22H,1-3,6H2,(H,21,23)(H,24,25)(H4,18,19,20). The van der Waals surface area contributed by atoms with Gasteiger partial charge in [-0.2, -0.15) is 0 Å². The molecule has 25 heavy (non-hydrogen) atoms. The van der Waals surface area contributed by atoms with E-state index in [1.165, 1.54) is 12.1 Å². The molecule has 2 aromatic rings. The Labute approximate surface area is 144 Å². The number of phenolic OH excluding ortho intramolecular Hbond substituents is 1. The fraction of sp³-hybridized carbons (Fsp3) is 0.235. The first kappa shape index (κ1) is 18.1. The first-order chi connectivity index (χ1) is 11.9. The summed E-state index contributed by atoms with van der Waals surface area (Å²) in [5.41, 5.74) is 11.0. The van der Waals surface area contributed by atoms with Crippen molar-refractivity contribution in [3.8, 4) is 5.75 Å². The molecule has 0 fully saturated rings. The van der Waals surface area contributed by atoms with Crippen molar-refractivity contribution < 1.29 is 19.8 Å². The molecule has 2 aromatic carbocycles. The number of carboxylic acids is 1. The molecule has 0 bridgehead atoms. The number of aromatic carboxylic acids is 1. The third-order valence-electron chi connectivity index (χ3n) is 3.57. The highest BCUT2D eigenvalue weighted by Gasteiger charge is 2.10. The van der Waals surface area contributed by atoms with Crippen LogP contribution in [-0.2, 0) is 4.79 Å². The van der Waals surface area contributed by atoms with E-state index in [1.807, 2.05) is 0 Å². The number of unbranched alkanes of at least 4 members (excludes halogenated alkanes) is 1. The molecule has 8 nitrogen and oxygen atoms in total. The zero-order valence-corrected chi connectivity index (χ0v) is 13.5. The molecule has 0 aliphatic heterocycles. The van der Waals surface area contributed by atoms with E-state index in [0.717, 1.165) is 0 Å². The van der Waals surface area contributed by atoms with Gasteiger partial charge in [0.1, 0.15) is 5.75 Å². The molecule has 2 rings (SSSR count). The molecule has 1 amide bonds. The number of hydrogen-bond acceptors (Lipinski definition) is 4. The highest BCUT2D eigenvalue weighted by Crippen LogP contribution is 2.29. The van der Waals surface area contributed by atoms with Gasteiger partial charge in [-0.15, -0.1) is 0 Å². The molecule has 0 radical (unpaired) electrons. The lowest BCUT2D eigenvalue weighted by Gasteiger charge is -2.08. The van der Waals surface area contributed by atoms with Gasteiger partial charge in [0.05, 0.1) is 5.56 Å². The van der Waals surface area contributed by atoms with Gasteiger partial charge in [-0.3, -0.25) is 9.79 Å². The summed E-state index contributed by atoms with van der Waals surface area (Å²) in [6.45, 7) is 0.478. The molecule has 0 heterocycles. The Morgan fingerprint density at radius 1 is 1.12 bits per heavy atom. The molecular weight excluding hydrogens is 324 g/mol. The molecule has 132 valence electrons. The van der Waals surface area contributed by atoms with Crippen molar-refractivity contribution in [1.29, 1.82) is 0 Å². The normalized spacial score (nSPS) is 10.4. The number of benzene rings is 2. The van der Waals surface area contributed by atoms with Crippen LogP contribution in [0.4, 0.5) is 5.69 Å². The predicted octanol–water partition coefficient (Wildman–Crippen LogP) is 1.63. The van der Waals surface area contributed by atoms with Crippen molar-refractivity contribution in [1.82, 2.24) is 0 Å². The quantitative estimate of drug-likeness (QED) is 0.292. The second-order valence-electron chi connectivity index (χ2n) is 5.55. The van der Waals surface area contributed by atoms with E-state index in [9.17, 15) is 14.7 Å².